The van der Waals surface area contributed by atoms with Gasteiger partial charge in [0.05, 0.1) is 6.61 Å². The molecule has 14 heteroatoms. The Bertz CT molecular complexity index is 324. The number of hydrogen-bond donors (Lipinski definition) is 5. The molecule has 0 aliphatic rings. The third kappa shape index (κ3) is 161. The summed E-state index contributed by atoms with van der Waals surface area (Å²) in [4.78, 5) is 0. The summed E-state index contributed by atoms with van der Waals surface area (Å²) in [7, 11) is -4.48. The van der Waals surface area contributed by atoms with Gasteiger partial charge in [-0.2, -0.15) is 0 Å². The number of rotatable bonds is 12. The molecule has 13 nitrogen and oxygen atoms in total. The Morgan fingerprint density at radius 2 is 0.706 bits per heavy atom. The summed E-state index contributed by atoms with van der Waals surface area (Å²) in [5.41, 5.74) is 0. The lowest BCUT2D eigenvalue weighted by atomic mass is 10.1. The second-order valence-corrected chi connectivity index (χ2v) is 6.62. The molecule has 0 saturated carbocycles. The van der Waals surface area contributed by atoms with E-state index in [-0.39, 0.29) is 63.8 Å². The van der Waals surface area contributed by atoms with Gasteiger partial charge < -0.3 is 55.7 Å². The SMILES string of the molecule is CCCCCCCCCCCCOS(=O)(=O)[O-].CC[O-].CC[O-].CC[O-].CC[O-].[NH4+].[NH4+].[NH4+].[NH4+].[NH4+]. The van der Waals surface area contributed by atoms with Crippen LogP contribution in [0.25, 0.3) is 0 Å². The first kappa shape index (κ1) is 64.1. The van der Waals surface area contributed by atoms with Crippen molar-refractivity contribution in [3.63, 3.8) is 0 Å². The Morgan fingerprint density at radius 3 is 0.912 bits per heavy atom. The molecule has 0 spiro atoms. The van der Waals surface area contributed by atoms with Crippen molar-refractivity contribution in [3.05, 3.63) is 0 Å². The predicted octanol–water partition coefficient (Wildman–Crippen LogP) is 2.73. The molecule has 224 valence electrons. The molecule has 0 fully saturated rings. The lowest BCUT2D eigenvalue weighted by molar-refractivity contribution is -0.362. The molecule has 34 heavy (non-hydrogen) atoms. The average Bonchev–Trinajstić information content (AvgIpc) is 2.61. The molecule has 0 atom stereocenters. The van der Waals surface area contributed by atoms with E-state index in [1.807, 2.05) is 0 Å². The van der Waals surface area contributed by atoms with E-state index in [1.165, 1.54) is 44.9 Å². The second-order valence-electron chi connectivity index (χ2n) is 5.57. The monoisotopic (exact) mass is 535 g/mol. The quantitative estimate of drug-likeness (QED) is 0.140. The lowest BCUT2D eigenvalue weighted by Gasteiger charge is -2.06. The van der Waals surface area contributed by atoms with Gasteiger partial charge >= 0.3 is 0 Å². The first-order valence-electron chi connectivity index (χ1n) is 10.6. The van der Waals surface area contributed by atoms with Crippen molar-refractivity contribution in [2.45, 2.75) is 98.8 Å². The van der Waals surface area contributed by atoms with E-state index >= 15 is 0 Å². The maximum absolute atomic E-state index is 10.1. The van der Waals surface area contributed by atoms with Gasteiger partial charge in [0.1, 0.15) is 0 Å². The van der Waals surface area contributed by atoms with Crippen molar-refractivity contribution in [2.75, 3.05) is 33.0 Å². The predicted molar refractivity (Wildman–Crippen MR) is 140 cm³/mol. The maximum Gasteiger partial charge on any atom is 0.217 e. The van der Waals surface area contributed by atoms with Gasteiger partial charge in [-0.25, -0.2) is 8.42 Å². The van der Waals surface area contributed by atoms with E-state index in [1.54, 1.807) is 27.7 Å². The Morgan fingerprint density at radius 1 is 0.500 bits per heavy atom. The molecule has 0 saturated heterocycles. The zero-order chi connectivity index (χ0) is 23.8. The zero-order valence-corrected chi connectivity index (χ0v) is 25.1. The van der Waals surface area contributed by atoms with Gasteiger partial charge in [-0.05, 0) is 6.42 Å². The van der Waals surface area contributed by atoms with Gasteiger partial charge in [-0.15, -0.1) is 26.4 Å². The van der Waals surface area contributed by atoms with Crippen molar-refractivity contribution in [2.24, 2.45) is 0 Å². The van der Waals surface area contributed by atoms with E-state index in [0.29, 0.717) is 6.42 Å². The highest BCUT2D eigenvalue weighted by atomic mass is 32.3. The maximum atomic E-state index is 10.1. The van der Waals surface area contributed by atoms with Crippen LogP contribution in [0.2, 0.25) is 0 Å². The van der Waals surface area contributed by atoms with Crippen molar-refractivity contribution in [1.82, 2.24) is 30.8 Å². The fraction of sp³-hybridized carbons (Fsp3) is 1.00. The Hall–Kier alpha value is -0.490. The molecular formula is C20H65N5O8S. The molecule has 0 radical (unpaired) electrons. The standard InChI is InChI=1S/C12H26O4S.4C2H5O.5H3N/c1-2-3-4-5-6-7-8-9-10-11-12-16-17(13,14)15;4*1-2-3;;;;;/h2-12H2,1H3,(H,13,14,15);4*2H2,1H3;5*1H3/q;4*-1;;;;;/p+4. The van der Waals surface area contributed by atoms with Crippen LogP contribution < -0.4 is 51.2 Å². The second kappa shape index (κ2) is 69.8. The topological polar surface area (TPSA) is 341 Å². The fourth-order valence-corrected chi connectivity index (χ4v) is 2.07. The summed E-state index contributed by atoms with van der Waals surface area (Å²) >= 11 is 0. The average molecular weight is 536 g/mol. The third-order valence-corrected chi connectivity index (χ3v) is 3.18. The van der Waals surface area contributed by atoms with Crippen molar-refractivity contribution < 1.29 is 37.6 Å². The molecule has 20 N–H and O–H groups in total. The van der Waals surface area contributed by atoms with Crippen molar-refractivity contribution in [1.29, 1.82) is 0 Å². The van der Waals surface area contributed by atoms with Crippen LogP contribution in [-0.4, -0.2) is 46.0 Å². The van der Waals surface area contributed by atoms with Gasteiger partial charge in [0.25, 0.3) is 0 Å². The van der Waals surface area contributed by atoms with E-state index in [9.17, 15) is 13.0 Å². The van der Waals surface area contributed by atoms with Gasteiger partial charge in [0, 0.05) is 0 Å². The third-order valence-electron chi connectivity index (χ3n) is 2.73. The first-order valence-corrected chi connectivity index (χ1v) is 12.0. The Kier molecular flexibility index (Phi) is 131. The number of hydrogen-bond acceptors (Lipinski definition) is 8. The summed E-state index contributed by atoms with van der Waals surface area (Å²) in [5, 5.41) is 35.7. The zero-order valence-electron chi connectivity index (χ0n) is 24.3. The summed E-state index contributed by atoms with van der Waals surface area (Å²) in [5.74, 6) is 0. The Balaban J connectivity index is -0.0000000360. The normalized spacial score (nSPS) is 8.06. The first-order chi connectivity index (χ1) is 13.7. The van der Waals surface area contributed by atoms with Crippen LogP contribution in [0.15, 0.2) is 0 Å². The van der Waals surface area contributed by atoms with E-state index in [0.717, 1.165) is 12.8 Å². The van der Waals surface area contributed by atoms with Crippen LogP contribution in [-0.2, 0) is 14.6 Å². The van der Waals surface area contributed by atoms with Gasteiger partial charge in [0.2, 0.25) is 10.4 Å². The van der Waals surface area contributed by atoms with Crippen LogP contribution in [0.4, 0.5) is 0 Å². The minimum Gasteiger partial charge on any atom is -0.855 e. The van der Waals surface area contributed by atoms with Crippen LogP contribution in [0, 0.1) is 0 Å². The van der Waals surface area contributed by atoms with Crippen LogP contribution in [0.5, 0.6) is 0 Å². The minimum atomic E-state index is -4.48. The molecule has 0 bridgehead atoms. The number of unbranched alkanes of at least 4 members (excludes halogenated alkanes) is 9. The van der Waals surface area contributed by atoms with Crippen LogP contribution >= 0.6 is 0 Å². The molecule has 0 aromatic rings. The highest BCUT2D eigenvalue weighted by Gasteiger charge is 1.95. The summed E-state index contributed by atoms with van der Waals surface area (Å²) in [6, 6.07) is 0. The number of quaternary nitrogens is 5. The largest absolute Gasteiger partial charge is 0.855 e. The molecule has 0 rings (SSSR count). The van der Waals surface area contributed by atoms with Crippen LogP contribution in [0.3, 0.4) is 0 Å². The highest BCUT2D eigenvalue weighted by molar-refractivity contribution is 7.80. The minimum absolute atomic E-state index is 0. The summed E-state index contributed by atoms with van der Waals surface area (Å²) in [6.07, 6.45) is 11.7. The molecule has 0 amide bonds. The van der Waals surface area contributed by atoms with E-state index in [2.05, 4.69) is 11.1 Å². The molecule has 0 aromatic heterocycles. The summed E-state index contributed by atoms with van der Waals surface area (Å²) in [6.45, 7) is 8.52. The van der Waals surface area contributed by atoms with Crippen molar-refractivity contribution >= 4 is 10.4 Å². The smallest absolute Gasteiger partial charge is 0.217 e. The highest BCUT2D eigenvalue weighted by Crippen LogP contribution is 2.10. The molecule has 0 unspecified atom stereocenters. The lowest BCUT2D eigenvalue weighted by Crippen LogP contribution is -2.05. The van der Waals surface area contributed by atoms with Gasteiger partial charge in [0.15, 0.2) is 0 Å². The van der Waals surface area contributed by atoms with Crippen LogP contribution in [0.1, 0.15) is 98.8 Å². The van der Waals surface area contributed by atoms with Crippen molar-refractivity contribution in [3.8, 4) is 0 Å². The van der Waals surface area contributed by atoms with E-state index in [4.69, 9.17) is 20.4 Å². The molecule has 0 aromatic carbocycles. The Labute approximate surface area is 211 Å². The fourth-order valence-electron chi connectivity index (χ4n) is 1.75. The molecular weight excluding hydrogens is 470 g/mol. The van der Waals surface area contributed by atoms with Gasteiger partial charge in [-0.3, -0.25) is 4.18 Å². The molecule has 0 heterocycles. The van der Waals surface area contributed by atoms with Gasteiger partial charge in [-0.1, -0.05) is 92.4 Å². The molecule has 0 aliphatic carbocycles. The summed E-state index contributed by atoms with van der Waals surface area (Å²) < 4.78 is 34.5. The van der Waals surface area contributed by atoms with E-state index < -0.39 is 10.4 Å². The molecule has 0 aliphatic heterocycles.